The van der Waals surface area contributed by atoms with Crippen LogP contribution >= 0.6 is 0 Å². The smallest absolute Gasteiger partial charge is 0.220 e. The fourth-order valence-electron chi connectivity index (χ4n) is 2.13. The van der Waals surface area contributed by atoms with E-state index in [-0.39, 0.29) is 24.7 Å². The highest BCUT2D eigenvalue weighted by atomic mass is 19.1. The van der Waals surface area contributed by atoms with Gasteiger partial charge in [0.25, 0.3) is 0 Å². The first kappa shape index (κ1) is 17.7. The third-order valence-electron chi connectivity index (χ3n) is 3.42. The maximum Gasteiger partial charge on any atom is 0.220 e. The second kappa shape index (κ2) is 8.86. The highest BCUT2D eigenvalue weighted by molar-refractivity contribution is 5.75. The predicted octanol–water partition coefficient (Wildman–Crippen LogP) is 3.06. The van der Waals surface area contributed by atoms with Gasteiger partial charge in [-0.3, -0.25) is 4.79 Å². The number of ether oxygens (including phenoxy) is 1. The van der Waals surface area contributed by atoms with E-state index in [2.05, 4.69) is 5.32 Å². The molecule has 128 valence electrons. The molecule has 0 spiro atoms. The maximum absolute atomic E-state index is 13.3. The largest absolute Gasteiger partial charge is 0.491 e. The van der Waals surface area contributed by atoms with E-state index in [9.17, 15) is 13.6 Å². The Kier molecular flexibility index (Phi) is 6.54. The number of carbonyl (C=O) groups excluding carboxylic acids is 1. The molecule has 0 heterocycles. The van der Waals surface area contributed by atoms with Gasteiger partial charge in [0.15, 0.2) is 11.6 Å². The summed E-state index contributed by atoms with van der Waals surface area (Å²) in [4.78, 5) is 11.7. The highest BCUT2D eigenvalue weighted by Crippen LogP contribution is 2.17. The normalized spacial score (nSPS) is 10.4. The Morgan fingerprint density at radius 2 is 1.88 bits per heavy atom. The van der Waals surface area contributed by atoms with Crippen molar-refractivity contribution in [2.24, 2.45) is 0 Å². The Labute approximate surface area is 139 Å². The number of anilines is 1. The van der Waals surface area contributed by atoms with Crippen molar-refractivity contribution < 1.29 is 18.3 Å². The molecule has 0 aromatic heterocycles. The molecule has 0 unspecified atom stereocenters. The summed E-state index contributed by atoms with van der Waals surface area (Å²) in [6, 6.07) is 10.6. The van der Waals surface area contributed by atoms with Gasteiger partial charge in [0, 0.05) is 24.7 Å². The first-order chi connectivity index (χ1) is 11.5. The zero-order chi connectivity index (χ0) is 17.4. The molecule has 3 N–H and O–H groups in total. The van der Waals surface area contributed by atoms with Crippen LogP contribution in [0.2, 0.25) is 0 Å². The lowest BCUT2D eigenvalue weighted by Crippen LogP contribution is -2.25. The first-order valence-corrected chi connectivity index (χ1v) is 7.73. The lowest BCUT2D eigenvalue weighted by molar-refractivity contribution is -0.121. The van der Waals surface area contributed by atoms with Gasteiger partial charge < -0.3 is 15.8 Å². The summed E-state index contributed by atoms with van der Waals surface area (Å²) in [6.45, 7) is 0.726. The van der Waals surface area contributed by atoms with Crippen molar-refractivity contribution in [3.8, 4) is 5.75 Å². The standard InChI is InChI=1S/C18H20F2N2O2/c19-14-5-8-17(16(20)12-14)24-11-1-2-18(23)22-10-9-13-3-6-15(21)7-4-13/h3-8,12H,1-2,9-11,21H2,(H,22,23). The average molecular weight is 334 g/mol. The molecule has 0 saturated carbocycles. The van der Waals surface area contributed by atoms with E-state index in [1.807, 2.05) is 24.3 Å². The average Bonchev–Trinajstić information content (AvgIpc) is 2.55. The van der Waals surface area contributed by atoms with Gasteiger partial charge in [-0.05, 0) is 42.7 Å². The molecular weight excluding hydrogens is 314 g/mol. The molecule has 0 bridgehead atoms. The lowest BCUT2D eigenvalue weighted by Gasteiger charge is -2.08. The van der Waals surface area contributed by atoms with Crippen molar-refractivity contribution in [3.63, 3.8) is 0 Å². The minimum absolute atomic E-state index is 0.0137. The fraction of sp³-hybridized carbons (Fsp3) is 0.278. The summed E-state index contributed by atoms with van der Waals surface area (Å²) in [7, 11) is 0. The molecule has 0 aliphatic rings. The van der Waals surface area contributed by atoms with Crippen molar-refractivity contribution in [2.45, 2.75) is 19.3 Å². The molecule has 24 heavy (non-hydrogen) atoms. The number of benzene rings is 2. The van der Waals surface area contributed by atoms with E-state index < -0.39 is 11.6 Å². The predicted molar refractivity (Wildman–Crippen MR) is 88.7 cm³/mol. The van der Waals surface area contributed by atoms with Crippen LogP contribution in [-0.2, 0) is 11.2 Å². The van der Waals surface area contributed by atoms with Crippen LogP contribution in [0.3, 0.4) is 0 Å². The summed E-state index contributed by atoms with van der Waals surface area (Å²) < 4.78 is 31.3. The van der Waals surface area contributed by atoms with Crippen molar-refractivity contribution in [3.05, 3.63) is 59.7 Å². The molecule has 0 aliphatic carbocycles. The van der Waals surface area contributed by atoms with E-state index in [4.69, 9.17) is 10.5 Å². The van der Waals surface area contributed by atoms with E-state index >= 15 is 0 Å². The van der Waals surface area contributed by atoms with Crippen LogP contribution in [-0.4, -0.2) is 19.1 Å². The second-order valence-corrected chi connectivity index (χ2v) is 5.37. The zero-order valence-electron chi connectivity index (χ0n) is 13.2. The minimum atomic E-state index is -0.747. The minimum Gasteiger partial charge on any atom is -0.491 e. The number of nitrogen functional groups attached to an aromatic ring is 1. The Balaban J connectivity index is 1.60. The third-order valence-corrected chi connectivity index (χ3v) is 3.42. The summed E-state index contributed by atoms with van der Waals surface area (Å²) in [6.07, 6.45) is 1.46. The van der Waals surface area contributed by atoms with Crippen molar-refractivity contribution in [1.82, 2.24) is 5.32 Å². The molecule has 2 aromatic carbocycles. The van der Waals surface area contributed by atoms with Crippen LogP contribution in [0.1, 0.15) is 18.4 Å². The molecule has 2 aromatic rings. The molecule has 6 heteroatoms. The first-order valence-electron chi connectivity index (χ1n) is 7.73. The number of carbonyl (C=O) groups is 1. The Bertz CT molecular complexity index is 675. The maximum atomic E-state index is 13.3. The van der Waals surface area contributed by atoms with E-state index in [1.54, 1.807) is 0 Å². The lowest BCUT2D eigenvalue weighted by atomic mass is 10.1. The van der Waals surface area contributed by atoms with Gasteiger partial charge in [-0.25, -0.2) is 8.78 Å². The fourth-order valence-corrected chi connectivity index (χ4v) is 2.13. The molecule has 1 amide bonds. The number of nitrogens with one attached hydrogen (secondary N) is 1. The molecule has 0 radical (unpaired) electrons. The number of rotatable bonds is 8. The Hall–Kier alpha value is -2.63. The Morgan fingerprint density at radius 1 is 1.12 bits per heavy atom. The van der Waals surface area contributed by atoms with E-state index in [1.165, 1.54) is 6.07 Å². The quantitative estimate of drug-likeness (QED) is 0.576. The van der Waals surface area contributed by atoms with Gasteiger partial charge in [-0.2, -0.15) is 0 Å². The van der Waals surface area contributed by atoms with Gasteiger partial charge in [-0.1, -0.05) is 12.1 Å². The van der Waals surface area contributed by atoms with Gasteiger partial charge >= 0.3 is 0 Å². The number of amides is 1. The van der Waals surface area contributed by atoms with Gasteiger partial charge in [0.1, 0.15) is 5.82 Å². The SMILES string of the molecule is Nc1ccc(CCNC(=O)CCCOc2ccc(F)cc2F)cc1. The molecule has 0 fully saturated rings. The molecular formula is C18H20F2N2O2. The number of hydrogen-bond donors (Lipinski definition) is 2. The van der Waals surface area contributed by atoms with Crippen LogP contribution in [0.5, 0.6) is 5.75 Å². The monoisotopic (exact) mass is 334 g/mol. The van der Waals surface area contributed by atoms with Crippen LogP contribution in [0.15, 0.2) is 42.5 Å². The van der Waals surface area contributed by atoms with Gasteiger partial charge in [0.2, 0.25) is 5.91 Å². The number of halogens is 2. The van der Waals surface area contributed by atoms with Crippen molar-refractivity contribution >= 4 is 11.6 Å². The van der Waals surface area contributed by atoms with Crippen LogP contribution in [0, 0.1) is 11.6 Å². The van der Waals surface area contributed by atoms with Crippen LogP contribution < -0.4 is 15.8 Å². The van der Waals surface area contributed by atoms with Crippen LogP contribution in [0.25, 0.3) is 0 Å². The summed E-state index contributed by atoms with van der Waals surface area (Å²) >= 11 is 0. The highest BCUT2D eigenvalue weighted by Gasteiger charge is 2.06. The van der Waals surface area contributed by atoms with Crippen molar-refractivity contribution in [2.75, 3.05) is 18.9 Å². The third kappa shape index (κ3) is 5.87. The second-order valence-electron chi connectivity index (χ2n) is 5.37. The number of nitrogens with two attached hydrogens (primary N) is 1. The van der Waals surface area contributed by atoms with E-state index in [0.717, 1.165) is 24.1 Å². The molecule has 4 nitrogen and oxygen atoms in total. The Morgan fingerprint density at radius 3 is 2.58 bits per heavy atom. The molecule has 0 aliphatic heterocycles. The molecule has 2 rings (SSSR count). The van der Waals surface area contributed by atoms with E-state index in [0.29, 0.717) is 18.7 Å². The van der Waals surface area contributed by atoms with Crippen LogP contribution in [0.4, 0.5) is 14.5 Å². The zero-order valence-corrected chi connectivity index (χ0v) is 13.2. The molecule has 0 saturated heterocycles. The van der Waals surface area contributed by atoms with Gasteiger partial charge in [0.05, 0.1) is 6.61 Å². The van der Waals surface area contributed by atoms with Gasteiger partial charge in [-0.15, -0.1) is 0 Å². The summed E-state index contributed by atoms with van der Waals surface area (Å²) in [5.74, 6) is -1.50. The van der Waals surface area contributed by atoms with Crippen molar-refractivity contribution in [1.29, 1.82) is 0 Å². The number of hydrogen-bond acceptors (Lipinski definition) is 3. The summed E-state index contributed by atoms with van der Waals surface area (Å²) in [5.41, 5.74) is 7.41. The molecule has 0 atom stereocenters. The summed E-state index contributed by atoms with van der Waals surface area (Å²) in [5, 5.41) is 2.81. The topological polar surface area (TPSA) is 64.3 Å².